The van der Waals surface area contributed by atoms with Gasteiger partial charge in [-0.3, -0.25) is 4.79 Å². The monoisotopic (exact) mass is 337 g/mol. The average molecular weight is 338 g/mol. The normalized spacial score (nSPS) is 10.2. The van der Waals surface area contributed by atoms with Gasteiger partial charge >= 0.3 is 0 Å². The highest BCUT2D eigenvalue weighted by atomic mass is 35.5. The van der Waals surface area contributed by atoms with E-state index in [9.17, 15) is 4.79 Å². The first-order valence-electron chi connectivity index (χ1n) is 7.47. The van der Waals surface area contributed by atoms with Crippen LogP contribution in [0.1, 0.15) is 16.1 Å². The predicted octanol–water partition coefficient (Wildman–Crippen LogP) is 5.04. The van der Waals surface area contributed by atoms with E-state index in [0.29, 0.717) is 10.7 Å². The molecule has 1 aromatic heterocycles. The fourth-order valence-corrected chi connectivity index (χ4v) is 2.36. The van der Waals surface area contributed by atoms with Gasteiger partial charge in [0.1, 0.15) is 5.69 Å². The molecule has 24 heavy (non-hydrogen) atoms. The zero-order valence-electron chi connectivity index (χ0n) is 13.1. The topological polar surface area (TPSA) is 54.0 Å². The van der Waals surface area contributed by atoms with Gasteiger partial charge in [-0.15, -0.1) is 0 Å². The maximum Gasteiger partial charge on any atom is 0.274 e. The molecular weight excluding hydrogens is 322 g/mol. The number of pyridine rings is 1. The quantitative estimate of drug-likeness (QED) is 0.701. The highest BCUT2D eigenvalue weighted by Gasteiger charge is 2.07. The molecule has 0 aliphatic carbocycles. The fourth-order valence-electron chi connectivity index (χ4n) is 2.17. The van der Waals surface area contributed by atoms with Crippen LogP contribution in [-0.4, -0.2) is 10.9 Å². The third-order valence-electron chi connectivity index (χ3n) is 3.42. The van der Waals surface area contributed by atoms with Crippen LogP contribution >= 0.6 is 11.6 Å². The van der Waals surface area contributed by atoms with Crippen LogP contribution in [0.4, 0.5) is 17.1 Å². The Balaban J connectivity index is 1.67. The third kappa shape index (κ3) is 4.12. The smallest absolute Gasteiger partial charge is 0.274 e. The Kier molecular flexibility index (Phi) is 4.77. The Morgan fingerprint density at radius 2 is 1.71 bits per heavy atom. The molecule has 0 atom stereocenters. The summed E-state index contributed by atoms with van der Waals surface area (Å²) in [5.74, 6) is -0.242. The first-order valence-corrected chi connectivity index (χ1v) is 7.84. The van der Waals surface area contributed by atoms with Crippen molar-refractivity contribution in [3.63, 3.8) is 0 Å². The number of halogens is 1. The summed E-state index contributed by atoms with van der Waals surface area (Å²) in [7, 11) is 0. The van der Waals surface area contributed by atoms with E-state index in [-0.39, 0.29) is 5.91 Å². The van der Waals surface area contributed by atoms with Crippen LogP contribution in [0.2, 0.25) is 5.02 Å². The lowest BCUT2D eigenvalue weighted by atomic mass is 10.2. The Morgan fingerprint density at radius 3 is 2.38 bits per heavy atom. The largest absolute Gasteiger partial charge is 0.354 e. The van der Waals surface area contributed by atoms with Gasteiger partial charge in [-0.25, -0.2) is 4.98 Å². The van der Waals surface area contributed by atoms with E-state index in [2.05, 4.69) is 15.6 Å². The molecule has 0 saturated carbocycles. The minimum atomic E-state index is -0.242. The lowest BCUT2D eigenvalue weighted by Gasteiger charge is -2.08. The van der Waals surface area contributed by atoms with Crippen LogP contribution in [0.25, 0.3) is 0 Å². The van der Waals surface area contributed by atoms with Crippen molar-refractivity contribution in [1.29, 1.82) is 0 Å². The van der Waals surface area contributed by atoms with Gasteiger partial charge in [-0.1, -0.05) is 35.4 Å². The summed E-state index contributed by atoms with van der Waals surface area (Å²) in [5, 5.41) is 6.67. The molecule has 0 radical (unpaired) electrons. The van der Waals surface area contributed by atoms with Crippen molar-refractivity contribution in [1.82, 2.24) is 4.98 Å². The van der Waals surface area contributed by atoms with Gasteiger partial charge in [0.25, 0.3) is 5.91 Å². The number of rotatable bonds is 4. The lowest BCUT2D eigenvalue weighted by Crippen LogP contribution is -2.13. The van der Waals surface area contributed by atoms with Gasteiger partial charge in [-0.05, 0) is 49.4 Å². The maximum atomic E-state index is 12.2. The Bertz CT molecular complexity index is 845. The minimum absolute atomic E-state index is 0.242. The molecule has 1 amide bonds. The molecule has 120 valence electrons. The van der Waals surface area contributed by atoms with Crippen molar-refractivity contribution < 1.29 is 4.79 Å². The van der Waals surface area contributed by atoms with E-state index in [1.165, 1.54) is 0 Å². The molecule has 2 aromatic carbocycles. The van der Waals surface area contributed by atoms with E-state index in [0.717, 1.165) is 22.6 Å². The molecule has 0 spiro atoms. The molecule has 0 aliphatic rings. The molecule has 5 heteroatoms. The molecule has 3 aromatic rings. The number of aromatic nitrogens is 1. The summed E-state index contributed by atoms with van der Waals surface area (Å²) in [6.07, 6.45) is 1.62. The van der Waals surface area contributed by atoms with Crippen LogP contribution in [0, 0.1) is 6.92 Å². The Labute approximate surface area is 145 Å². The highest BCUT2D eigenvalue weighted by Crippen LogP contribution is 2.20. The fraction of sp³-hybridized carbons (Fsp3) is 0.0526. The summed E-state index contributed by atoms with van der Waals surface area (Å²) in [5.41, 5.74) is 3.88. The van der Waals surface area contributed by atoms with Gasteiger partial charge < -0.3 is 10.6 Å². The third-order valence-corrected chi connectivity index (χ3v) is 3.65. The number of benzene rings is 2. The number of hydrogen-bond donors (Lipinski definition) is 2. The molecule has 0 fully saturated rings. The molecule has 0 saturated heterocycles. The zero-order chi connectivity index (χ0) is 16.9. The Morgan fingerprint density at radius 1 is 0.958 bits per heavy atom. The lowest BCUT2D eigenvalue weighted by molar-refractivity contribution is 0.102. The van der Waals surface area contributed by atoms with E-state index in [4.69, 9.17) is 11.6 Å². The first kappa shape index (κ1) is 16.0. The zero-order valence-corrected chi connectivity index (χ0v) is 13.8. The van der Waals surface area contributed by atoms with Gasteiger partial charge in [0.15, 0.2) is 0 Å². The first-order chi connectivity index (χ1) is 11.6. The summed E-state index contributed by atoms with van der Waals surface area (Å²) < 4.78 is 0. The number of anilines is 3. The highest BCUT2D eigenvalue weighted by molar-refractivity contribution is 6.30. The molecular formula is C19H16ClN3O. The minimum Gasteiger partial charge on any atom is -0.354 e. The molecule has 3 rings (SSSR count). The second-order valence-corrected chi connectivity index (χ2v) is 5.82. The second-order valence-electron chi connectivity index (χ2n) is 5.39. The summed E-state index contributed by atoms with van der Waals surface area (Å²) >= 11 is 5.96. The number of nitrogens with one attached hydrogen (secondary N) is 2. The average Bonchev–Trinajstić information content (AvgIpc) is 2.57. The number of nitrogens with zero attached hydrogens (tertiary/aromatic N) is 1. The second kappa shape index (κ2) is 7.15. The molecule has 2 N–H and O–H groups in total. The van der Waals surface area contributed by atoms with E-state index in [1.807, 2.05) is 55.5 Å². The summed E-state index contributed by atoms with van der Waals surface area (Å²) in [4.78, 5) is 16.4. The maximum absolute atomic E-state index is 12.2. The Hall–Kier alpha value is -2.85. The molecule has 0 unspecified atom stereocenters. The molecule has 4 nitrogen and oxygen atoms in total. The SMILES string of the molecule is Cc1ccc(NC(=O)c2ccc(Nc3cccc(Cl)c3)cn2)cc1. The summed E-state index contributed by atoms with van der Waals surface area (Å²) in [6.45, 7) is 2.00. The van der Waals surface area contributed by atoms with Crippen molar-refractivity contribution in [2.24, 2.45) is 0 Å². The van der Waals surface area contributed by atoms with Crippen molar-refractivity contribution in [2.75, 3.05) is 10.6 Å². The number of aryl methyl sites for hydroxylation is 1. The molecule has 0 bridgehead atoms. The van der Waals surface area contributed by atoms with E-state index >= 15 is 0 Å². The molecule has 1 heterocycles. The molecule has 0 aliphatic heterocycles. The standard InChI is InChI=1S/C19H16ClN3O/c1-13-5-7-15(8-6-13)23-19(24)18-10-9-17(12-21-18)22-16-4-2-3-14(20)11-16/h2-12,22H,1H3,(H,23,24). The number of amides is 1. The van der Waals surface area contributed by atoms with Crippen molar-refractivity contribution >= 4 is 34.6 Å². The predicted molar refractivity (Wildman–Crippen MR) is 98.1 cm³/mol. The van der Waals surface area contributed by atoms with Crippen molar-refractivity contribution in [2.45, 2.75) is 6.92 Å². The van der Waals surface area contributed by atoms with Crippen LogP contribution in [0.3, 0.4) is 0 Å². The van der Waals surface area contributed by atoms with Gasteiger partial charge in [0.2, 0.25) is 0 Å². The van der Waals surface area contributed by atoms with Crippen LogP contribution in [0.15, 0.2) is 66.9 Å². The number of hydrogen-bond acceptors (Lipinski definition) is 3. The van der Waals surface area contributed by atoms with E-state index < -0.39 is 0 Å². The van der Waals surface area contributed by atoms with Gasteiger partial charge in [0, 0.05) is 16.4 Å². The van der Waals surface area contributed by atoms with Crippen LogP contribution in [0.5, 0.6) is 0 Å². The van der Waals surface area contributed by atoms with Gasteiger partial charge in [-0.2, -0.15) is 0 Å². The van der Waals surface area contributed by atoms with E-state index in [1.54, 1.807) is 18.3 Å². The number of carbonyl (C=O) groups is 1. The van der Waals surface area contributed by atoms with Crippen LogP contribution < -0.4 is 10.6 Å². The van der Waals surface area contributed by atoms with Crippen molar-refractivity contribution in [3.05, 3.63) is 83.1 Å². The number of carbonyl (C=O) groups excluding carboxylic acids is 1. The summed E-state index contributed by atoms with van der Waals surface area (Å²) in [6, 6.07) is 18.5. The van der Waals surface area contributed by atoms with Crippen LogP contribution in [-0.2, 0) is 0 Å². The van der Waals surface area contributed by atoms with Gasteiger partial charge in [0.05, 0.1) is 11.9 Å². The van der Waals surface area contributed by atoms with Crippen molar-refractivity contribution in [3.8, 4) is 0 Å².